The fourth-order valence-corrected chi connectivity index (χ4v) is 2.38. The van der Waals surface area contributed by atoms with Crippen molar-refractivity contribution in [1.82, 2.24) is 15.0 Å². The van der Waals surface area contributed by atoms with Crippen molar-refractivity contribution >= 4 is 21.9 Å². The van der Waals surface area contributed by atoms with Gasteiger partial charge in [0.05, 0.1) is 5.52 Å². The molecule has 4 aromatic rings. The Hall–Kier alpha value is -2.75. The molecule has 2 heterocycles. The Morgan fingerprint density at radius 2 is 1.80 bits per heavy atom. The summed E-state index contributed by atoms with van der Waals surface area (Å²) in [6, 6.07) is 14.4. The van der Waals surface area contributed by atoms with Crippen molar-refractivity contribution in [2.24, 2.45) is 0 Å². The third kappa shape index (κ3) is 1.66. The van der Waals surface area contributed by atoms with Gasteiger partial charge in [0.2, 0.25) is 0 Å². The molecule has 0 amide bonds. The first-order valence-corrected chi connectivity index (χ1v) is 6.31. The average Bonchev–Trinajstić information content (AvgIpc) is 2.84. The molecule has 0 unspecified atom stereocenters. The number of rotatable bonds is 1. The van der Waals surface area contributed by atoms with Crippen molar-refractivity contribution < 1.29 is 4.39 Å². The number of nitrogens with one attached hydrogen (secondary N) is 1. The van der Waals surface area contributed by atoms with E-state index in [4.69, 9.17) is 0 Å². The van der Waals surface area contributed by atoms with E-state index in [0.29, 0.717) is 5.82 Å². The first kappa shape index (κ1) is 11.1. The first-order chi connectivity index (χ1) is 9.81. The minimum Gasteiger partial charge on any atom is -0.339 e. The Morgan fingerprint density at radius 3 is 2.65 bits per heavy atom. The Bertz CT molecular complexity index is 913. The van der Waals surface area contributed by atoms with E-state index in [-0.39, 0.29) is 5.82 Å². The quantitative estimate of drug-likeness (QED) is 0.565. The Labute approximate surface area is 114 Å². The highest BCUT2D eigenvalue weighted by Crippen LogP contribution is 2.25. The van der Waals surface area contributed by atoms with Crippen LogP contribution in [0.4, 0.5) is 4.39 Å². The van der Waals surface area contributed by atoms with E-state index in [1.807, 2.05) is 30.3 Å². The van der Waals surface area contributed by atoms with Gasteiger partial charge in [0.25, 0.3) is 0 Å². The van der Waals surface area contributed by atoms with E-state index in [1.165, 1.54) is 12.1 Å². The van der Waals surface area contributed by atoms with Gasteiger partial charge >= 0.3 is 0 Å². The maximum Gasteiger partial charge on any atom is 0.161 e. The molecule has 0 bridgehead atoms. The highest BCUT2D eigenvalue weighted by Gasteiger charge is 2.08. The van der Waals surface area contributed by atoms with Crippen molar-refractivity contribution in [2.45, 2.75) is 0 Å². The maximum atomic E-state index is 13.3. The van der Waals surface area contributed by atoms with Gasteiger partial charge in [-0.1, -0.05) is 30.3 Å². The molecule has 0 saturated heterocycles. The lowest BCUT2D eigenvalue weighted by Gasteiger charge is -1.99. The van der Waals surface area contributed by atoms with Crippen molar-refractivity contribution in [3.8, 4) is 11.4 Å². The summed E-state index contributed by atoms with van der Waals surface area (Å²) in [6.07, 6.45) is 1.78. The molecule has 0 atom stereocenters. The predicted octanol–water partition coefficient (Wildman–Crippen LogP) is 3.92. The lowest BCUT2D eigenvalue weighted by molar-refractivity contribution is 0.629. The lowest BCUT2D eigenvalue weighted by atomic mass is 10.2. The summed E-state index contributed by atoms with van der Waals surface area (Å²) >= 11 is 0. The van der Waals surface area contributed by atoms with Crippen LogP contribution in [0.3, 0.4) is 0 Å². The van der Waals surface area contributed by atoms with Gasteiger partial charge in [0.15, 0.2) is 5.82 Å². The highest BCUT2D eigenvalue weighted by atomic mass is 19.1. The Kier molecular flexibility index (Phi) is 2.29. The number of benzene rings is 2. The minimum absolute atomic E-state index is 0.264. The van der Waals surface area contributed by atoms with Gasteiger partial charge in [-0.15, -0.1) is 0 Å². The number of nitrogens with zero attached hydrogens (tertiary/aromatic N) is 2. The number of hydrogen-bond donors (Lipinski definition) is 1. The van der Waals surface area contributed by atoms with Gasteiger partial charge in [-0.2, -0.15) is 0 Å². The summed E-state index contributed by atoms with van der Waals surface area (Å²) in [4.78, 5) is 12.1. The number of halogens is 1. The molecule has 2 aromatic heterocycles. The first-order valence-electron chi connectivity index (χ1n) is 6.31. The molecule has 0 aliphatic carbocycles. The second-order valence-corrected chi connectivity index (χ2v) is 4.64. The van der Waals surface area contributed by atoms with Crippen LogP contribution in [0, 0.1) is 5.82 Å². The summed E-state index contributed by atoms with van der Waals surface area (Å²) in [5, 5.41) is 1.83. The molecular formula is C16H10FN3. The molecule has 0 aliphatic rings. The van der Waals surface area contributed by atoms with Crippen molar-refractivity contribution in [3.05, 3.63) is 60.5 Å². The van der Waals surface area contributed by atoms with Gasteiger partial charge in [-0.25, -0.2) is 14.4 Å². The summed E-state index contributed by atoms with van der Waals surface area (Å²) in [5.74, 6) is 0.394. The third-order valence-corrected chi connectivity index (χ3v) is 3.35. The van der Waals surface area contributed by atoms with Crippen LogP contribution in [0.15, 0.2) is 54.7 Å². The number of fused-ring (bicyclic) bond motifs is 3. The molecule has 0 aliphatic heterocycles. The zero-order valence-corrected chi connectivity index (χ0v) is 10.5. The topological polar surface area (TPSA) is 41.6 Å². The Balaban J connectivity index is 1.98. The monoisotopic (exact) mass is 263 g/mol. The van der Waals surface area contributed by atoms with Gasteiger partial charge in [-0.05, 0) is 18.2 Å². The number of aromatic nitrogens is 3. The van der Waals surface area contributed by atoms with E-state index in [1.54, 1.807) is 12.3 Å². The van der Waals surface area contributed by atoms with Gasteiger partial charge in [0.1, 0.15) is 11.5 Å². The van der Waals surface area contributed by atoms with E-state index in [2.05, 4.69) is 15.0 Å². The molecule has 2 aromatic carbocycles. The SMILES string of the molecule is Fc1ccc2c(c1)[nH]c1nc(-c3ccccc3)ncc12. The Morgan fingerprint density at radius 1 is 0.950 bits per heavy atom. The average molecular weight is 263 g/mol. The highest BCUT2D eigenvalue weighted by molar-refractivity contribution is 6.05. The minimum atomic E-state index is -0.264. The second kappa shape index (κ2) is 4.13. The van der Waals surface area contributed by atoms with Crippen molar-refractivity contribution in [1.29, 1.82) is 0 Å². The zero-order chi connectivity index (χ0) is 13.5. The molecule has 4 heteroatoms. The van der Waals surface area contributed by atoms with Gasteiger partial charge < -0.3 is 4.98 Å². The fraction of sp³-hybridized carbons (Fsp3) is 0. The second-order valence-electron chi connectivity index (χ2n) is 4.64. The van der Waals surface area contributed by atoms with E-state index >= 15 is 0 Å². The largest absolute Gasteiger partial charge is 0.339 e. The van der Waals surface area contributed by atoms with Crippen molar-refractivity contribution in [2.75, 3.05) is 0 Å². The smallest absolute Gasteiger partial charge is 0.161 e. The van der Waals surface area contributed by atoms with E-state index in [9.17, 15) is 4.39 Å². The maximum absolute atomic E-state index is 13.3. The number of hydrogen-bond acceptors (Lipinski definition) is 2. The van der Waals surface area contributed by atoms with E-state index < -0.39 is 0 Å². The molecular weight excluding hydrogens is 253 g/mol. The van der Waals surface area contributed by atoms with Crippen molar-refractivity contribution in [3.63, 3.8) is 0 Å². The third-order valence-electron chi connectivity index (χ3n) is 3.35. The number of aromatic amines is 1. The van der Waals surface area contributed by atoms with Crippen LogP contribution >= 0.6 is 0 Å². The van der Waals surface area contributed by atoms with Crippen LogP contribution in [-0.4, -0.2) is 15.0 Å². The van der Waals surface area contributed by atoms with E-state index in [0.717, 1.165) is 27.5 Å². The summed E-state index contributed by atoms with van der Waals surface area (Å²) in [7, 11) is 0. The van der Waals surface area contributed by atoms with Crippen LogP contribution in [0.5, 0.6) is 0 Å². The molecule has 0 fully saturated rings. The summed E-state index contributed by atoms with van der Waals surface area (Å²) < 4.78 is 13.3. The molecule has 0 spiro atoms. The summed E-state index contributed by atoms with van der Waals surface area (Å²) in [6.45, 7) is 0. The molecule has 0 radical (unpaired) electrons. The zero-order valence-electron chi connectivity index (χ0n) is 10.5. The summed E-state index contributed by atoms with van der Waals surface area (Å²) in [5.41, 5.74) is 2.42. The fourth-order valence-electron chi connectivity index (χ4n) is 2.38. The molecule has 4 rings (SSSR count). The lowest BCUT2D eigenvalue weighted by Crippen LogP contribution is -1.88. The van der Waals surface area contributed by atoms with Crippen LogP contribution < -0.4 is 0 Å². The molecule has 0 saturated carbocycles. The van der Waals surface area contributed by atoms with Crippen LogP contribution in [0.25, 0.3) is 33.3 Å². The molecule has 20 heavy (non-hydrogen) atoms. The van der Waals surface area contributed by atoms with Crippen LogP contribution in [-0.2, 0) is 0 Å². The standard InChI is InChI=1S/C16H10FN3/c17-11-6-7-12-13-9-18-15(10-4-2-1-3-5-10)20-16(13)19-14(12)8-11/h1-9H,(H,18,19,20). The molecule has 1 N–H and O–H groups in total. The molecule has 96 valence electrons. The normalized spacial score (nSPS) is 11.2. The van der Waals surface area contributed by atoms with Gasteiger partial charge in [-0.3, -0.25) is 0 Å². The predicted molar refractivity (Wildman–Crippen MR) is 76.8 cm³/mol. The van der Waals surface area contributed by atoms with Crippen LogP contribution in [0.1, 0.15) is 0 Å². The molecule has 3 nitrogen and oxygen atoms in total. The number of H-pyrrole nitrogens is 1. The van der Waals surface area contributed by atoms with Gasteiger partial charge in [0, 0.05) is 22.5 Å². The van der Waals surface area contributed by atoms with Crippen LogP contribution in [0.2, 0.25) is 0 Å².